The van der Waals surface area contributed by atoms with Gasteiger partial charge in [-0.3, -0.25) is 0 Å². The largest absolute Gasteiger partial charge is 0.435 e. The van der Waals surface area contributed by atoms with Gasteiger partial charge in [0.25, 0.3) is 0 Å². The van der Waals surface area contributed by atoms with Crippen molar-refractivity contribution in [3.63, 3.8) is 0 Å². The standard InChI is InChI=1S/C17H13N3O/c1-11-6-7-16(14(19)8-11)21-17-13(10-18)9-12-4-2-3-5-15(12)20-17/h2-9H,19H2,1H3. The van der Waals surface area contributed by atoms with E-state index < -0.39 is 0 Å². The summed E-state index contributed by atoms with van der Waals surface area (Å²) in [5.74, 6) is 0.770. The summed E-state index contributed by atoms with van der Waals surface area (Å²) in [7, 11) is 0. The summed E-state index contributed by atoms with van der Waals surface area (Å²) >= 11 is 0. The molecule has 0 aliphatic carbocycles. The second-order valence-electron chi connectivity index (χ2n) is 4.79. The number of aryl methyl sites for hydroxylation is 1. The van der Waals surface area contributed by atoms with E-state index in [-0.39, 0.29) is 5.88 Å². The molecule has 0 bridgehead atoms. The summed E-state index contributed by atoms with van der Waals surface area (Å²) in [6, 6.07) is 17.0. The number of nitrogen functional groups attached to an aromatic ring is 1. The fourth-order valence-electron chi connectivity index (χ4n) is 2.12. The van der Waals surface area contributed by atoms with E-state index in [0.29, 0.717) is 17.0 Å². The van der Waals surface area contributed by atoms with E-state index in [4.69, 9.17) is 10.5 Å². The highest BCUT2D eigenvalue weighted by Gasteiger charge is 2.10. The first kappa shape index (κ1) is 12.9. The first-order valence-electron chi connectivity index (χ1n) is 6.51. The number of nitriles is 1. The third kappa shape index (κ3) is 2.49. The van der Waals surface area contributed by atoms with Gasteiger partial charge in [0.05, 0.1) is 11.2 Å². The molecule has 2 aromatic carbocycles. The van der Waals surface area contributed by atoms with Crippen molar-refractivity contribution >= 4 is 16.6 Å². The third-order valence-electron chi connectivity index (χ3n) is 3.18. The van der Waals surface area contributed by atoms with Gasteiger partial charge >= 0.3 is 0 Å². The fraction of sp³-hybridized carbons (Fsp3) is 0.0588. The highest BCUT2D eigenvalue weighted by atomic mass is 16.5. The molecule has 0 unspecified atom stereocenters. The zero-order valence-corrected chi connectivity index (χ0v) is 11.5. The number of rotatable bonds is 2. The molecule has 4 heteroatoms. The van der Waals surface area contributed by atoms with Crippen LogP contribution in [0.5, 0.6) is 11.6 Å². The lowest BCUT2D eigenvalue weighted by Gasteiger charge is -2.10. The maximum absolute atomic E-state index is 9.27. The van der Waals surface area contributed by atoms with Crippen molar-refractivity contribution in [2.45, 2.75) is 6.92 Å². The highest BCUT2D eigenvalue weighted by Crippen LogP contribution is 2.30. The first-order valence-corrected chi connectivity index (χ1v) is 6.51. The van der Waals surface area contributed by atoms with Crippen LogP contribution in [0, 0.1) is 18.3 Å². The van der Waals surface area contributed by atoms with E-state index >= 15 is 0 Å². The van der Waals surface area contributed by atoms with Gasteiger partial charge in [-0.2, -0.15) is 5.26 Å². The first-order chi connectivity index (χ1) is 10.2. The predicted molar refractivity (Wildman–Crippen MR) is 82.1 cm³/mol. The van der Waals surface area contributed by atoms with Gasteiger partial charge in [-0.15, -0.1) is 0 Å². The number of fused-ring (bicyclic) bond motifs is 1. The van der Waals surface area contributed by atoms with Crippen molar-refractivity contribution in [3.8, 4) is 17.7 Å². The number of para-hydroxylation sites is 1. The Hall–Kier alpha value is -3.06. The van der Waals surface area contributed by atoms with Crippen molar-refractivity contribution in [3.05, 3.63) is 59.7 Å². The molecule has 0 saturated heterocycles. The molecule has 1 aromatic heterocycles. The van der Waals surface area contributed by atoms with E-state index in [1.54, 1.807) is 12.1 Å². The molecule has 21 heavy (non-hydrogen) atoms. The van der Waals surface area contributed by atoms with E-state index in [2.05, 4.69) is 11.1 Å². The number of aromatic nitrogens is 1. The molecule has 0 saturated carbocycles. The molecule has 1 heterocycles. The number of hydrogen-bond donors (Lipinski definition) is 1. The van der Waals surface area contributed by atoms with E-state index in [9.17, 15) is 5.26 Å². The van der Waals surface area contributed by atoms with Gasteiger partial charge in [-0.25, -0.2) is 4.98 Å². The molecular formula is C17H13N3O. The number of anilines is 1. The Morgan fingerprint density at radius 2 is 1.95 bits per heavy atom. The summed E-state index contributed by atoms with van der Waals surface area (Å²) in [5.41, 5.74) is 8.67. The zero-order valence-electron chi connectivity index (χ0n) is 11.5. The minimum atomic E-state index is 0.270. The van der Waals surface area contributed by atoms with E-state index in [1.807, 2.05) is 43.3 Å². The summed E-state index contributed by atoms with van der Waals surface area (Å²) in [5, 5.41) is 10.2. The van der Waals surface area contributed by atoms with Gasteiger partial charge in [-0.1, -0.05) is 24.3 Å². The van der Waals surface area contributed by atoms with Gasteiger partial charge in [0.1, 0.15) is 11.6 Å². The van der Waals surface area contributed by atoms with Crippen molar-refractivity contribution < 1.29 is 4.74 Å². The number of benzene rings is 2. The van der Waals surface area contributed by atoms with Crippen LogP contribution in [0.3, 0.4) is 0 Å². The monoisotopic (exact) mass is 275 g/mol. The van der Waals surface area contributed by atoms with Gasteiger partial charge in [-0.05, 0) is 36.8 Å². The summed E-state index contributed by atoms with van der Waals surface area (Å²) in [4.78, 5) is 4.40. The van der Waals surface area contributed by atoms with Gasteiger partial charge in [0, 0.05) is 5.39 Å². The molecule has 0 aliphatic rings. The van der Waals surface area contributed by atoms with Crippen LogP contribution >= 0.6 is 0 Å². The Labute approximate surface area is 122 Å². The molecule has 0 atom stereocenters. The normalized spacial score (nSPS) is 10.3. The molecule has 2 N–H and O–H groups in total. The second kappa shape index (κ2) is 5.14. The van der Waals surface area contributed by atoms with Crippen LogP contribution < -0.4 is 10.5 Å². The minimum absolute atomic E-state index is 0.270. The van der Waals surface area contributed by atoms with Crippen LogP contribution in [0.25, 0.3) is 10.9 Å². The molecule has 0 radical (unpaired) electrons. The van der Waals surface area contributed by atoms with Gasteiger partial charge in [0.15, 0.2) is 5.75 Å². The lowest BCUT2D eigenvalue weighted by molar-refractivity contribution is 0.465. The van der Waals surface area contributed by atoms with Crippen molar-refractivity contribution in [1.29, 1.82) is 5.26 Å². The smallest absolute Gasteiger partial charge is 0.237 e. The molecule has 0 amide bonds. The van der Waals surface area contributed by atoms with Crippen molar-refractivity contribution in [1.82, 2.24) is 4.98 Å². The Balaban J connectivity index is 2.09. The molecule has 3 rings (SSSR count). The number of nitrogens with zero attached hydrogens (tertiary/aromatic N) is 2. The lowest BCUT2D eigenvalue weighted by Crippen LogP contribution is -1.97. The number of hydrogen-bond acceptors (Lipinski definition) is 4. The van der Waals surface area contributed by atoms with E-state index in [0.717, 1.165) is 16.5 Å². The van der Waals surface area contributed by atoms with Crippen LogP contribution in [0.4, 0.5) is 5.69 Å². The second-order valence-corrected chi connectivity index (χ2v) is 4.79. The minimum Gasteiger partial charge on any atom is -0.435 e. The Kier molecular flexibility index (Phi) is 3.17. The van der Waals surface area contributed by atoms with Crippen LogP contribution in [0.15, 0.2) is 48.5 Å². The van der Waals surface area contributed by atoms with E-state index in [1.165, 1.54) is 0 Å². The quantitative estimate of drug-likeness (QED) is 0.722. The summed E-state index contributed by atoms with van der Waals surface area (Å²) < 4.78 is 5.74. The highest BCUT2D eigenvalue weighted by molar-refractivity contribution is 5.81. The average Bonchev–Trinajstić information content (AvgIpc) is 2.49. The molecule has 3 aromatic rings. The van der Waals surface area contributed by atoms with Crippen LogP contribution in [-0.4, -0.2) is 4.98 Å². The van der Waals surface area contributed by atoms with Crippen molar-refractivity contribution in [2.75, 3.05) is 5.73 Å². The number of pyridine rings is 1. The maximum Gasteiger partial charge on any atom is 0.237 e. The molecular weight excluding hydrogens is 262 g/mol. The van der Waals surface area contributed by atoms with Crippen LogP contribution in [-0.2, 0) is 0 Å². The topological polar surface area (TPSA) is 71.9 Å². The number of nitrogens with two attached hydrogens (primary N) is 1. The van der Waals surface area contributed by atoms with Gasteiger partial charge < -0.3 is 10.5 Å². The molecule has 0 aliphatic heterocycles. The Morgan fingerprint density at radius 1 is 1.14 bits per heavy atom. The average molecular weight is 275 g/mol. The molecule has 4 nitrogen and oxygen atoms in total. The summed E-state index contributed by atoms with van der Waals surface area (Å²) in [6.45, 7) is 1.95. The predicted octanol–water partition coefficient (Wildman–Crippen LogP) is 3.79. The Morgan fingerprint density at radius 3 is 2.71 bits per heavy atom. The number of ether oxygens (including phenoxy) is 1. The van der Waals surface area contributed by atoms with Crippen molar-refractivity contribution in [2.24, 2.45) is 0 Å². The molecule has 0 fully saturated rings. The summed E-state index contributed by atoms with van der Waals surface area (Å²) in [6.07, 6.45) is 0. The van der Waals surface area contributed by atoms with Gasteiger partial charge in [0.2, 0.25) is 5.88 Å². The molecule has 102 valence electrons. The lowest BCUT2D eigenvalue weighted by atomic mass is 10.1. The fourth-order valence-corrected chi connectivity index (χ4v) is 2.12. The van der Waals surface area contributed by atoms with Crippen LogP contribution in [0.1, 0.15) is 11.1 Å². The third-order valence-corrected chi connectivity index (χ3v) is 3.18. The molecule has 0 spiro atoms. The Bertz CT molecular complexity index is 866. The van der Waals surface area contributed by atoms with Crippen LogP contribution in [0.2, 0.25) is 0 Å². The SMILES string of the molecule is Cc1ccc(Oc2nc3ccccc3cc2C#N)c(N)c1. The maximum atomic E-state index is 9.27. The zero-order chi connectivity index (χ0) is 14.8.